The minimum atomic E-state index is -4.05. The molecule has 0 atom stereocenters. The van der Waals surface area contributed by atoms with Crippen LogP contribution in [0.1, 0.15) is 32.6 Å². The molecule has 14 heteroatoms. The van der Waals surface area contributed by atoms with Gasteiger partial charge in [0, 0.05) is 64.7 Å². The van der Waals surface area contributed by atoms with Gasteiger partial charge in [-0.05, 0) is 31.4 Å². The van der Waals surface area contributed by atoms with Crippen molar-refractivity contribution >= 4 is 46.4 Å². The second-order valence-electron chi connectivity index (χ2n) is 8.98. The molecule has 2 fully saturated rings. The van der Waals surface area contributed by atoms with Crippen molar-refractivity contribution < 1.29 is 32.3 Å². The summed E-state index contributed by atoms with van der Waals surface area (Å²) in [6.45, 7) is 5.48. The lowest BCUT2D eigenvalue weighted by atomic mass is 9.95. The highest BCUT2D eigenvalue weighted by Gasteiger charge is 2.55. The van der Waals surface area contributed by atoms with E-state index in [0.717, 1.165) is 12.8 Å². The van der Waals surface area contributed by atoms with E-state index in [9.17, 15) is 22.8 Å². The van der Waals surface area contributed by atoms with Crippen LogP contribution >= 0.6 is 24.8 Å². The second kappa shape index (κ2) is 15.2. The van der Waals surface area contributed by atoms with Crippen LogP contribution in [-0.4, -0.2) is 99.6 Å². The first-order valence-corrected chi connectivity index (χ1v) is 13.6. The Morgan fingerprint density at radius 3 is 2.30 bits per heavy atom. The highest BCUT2D eigenvalue weighted by molar-refractivity contribution is 7.91. The van der Waals surface area contributed by atoms with Gasteiger partial charge in [0.15, 0.2) is 16.3 Å². The Balaban J connectivity index is 0.00000342. The molecule has 214 valence electrons. The molecule has 0 aliphatic carbocycles. The molecule has 0 unspecified atom stereocenters. The number of unbranched alkanes of at least 4 members (excludes halogenated alkanes) is 1. The van der Waals surface area contributed by atoms with E-state index in [1.165, 1.54) is 10.4 Å². The number of carbonyl (C=O) groups excluding carboxylic acids is 1. The zero-order valence-electron chi connectivity index (χ0n) is 21.4. The van der Waals surface area contributed by atoms with Crippen molar-refractivity contribution in [2.45, 2.75) is 37.4 Å². The van der Waals surface area contributed by atoms with Crippen molar-refractivity contribution in [2.24, 2.45) is 0 Å². The fourth-order valence-electron chi connectivity index (χ4n) is 4.63. The number of likely N-dealkylation sites (tertiary alicyclic amines) is 1. The maximum absolute atomic E-state index is 14.5. The molecule has 10 nitrogen and oxygen atoms in total. The highest BCUT2D eigenvalue weighted by Crippen LogP contribution is 2.35. The average Bonchev–Trinajstić information content (AvgIpc) is 2.88. The largest absolute Gasteiger partial charge is 0.491 e. The van der Waals surface area contributed by atoms with Gasteiger partial charge in [-0.1, -0.05) is 13.3 Å². The normalized spacial score (nSPS) is 18.4. The molecule has 1 aromatic rings. The number of amides is 1. The molecule has 1 amide bonds. The van der Waals surface area contributed by atoms with Crippen LogP contribution in [0.3, 0.4) is 0 Å². The summed E-state index contributed by atoms with van der Waals surface area (Å²) in [7, 11) is -2.45. The number of hydrogen-bond acceptors (Lipinski definition) is 8. The number of nitrogens with one attached hydrogen (secondary N) is 1. The Hall–Kier alpha value is -1.41. The van der Waals surface area contributed by atoms with E-state index in [0.29, 0.717) is 51.6 Å². The monoisotopic (exact) mass is 588 g/mol. The van der Waals surface area contributed by atoms with Gasteiger partial charge in [0.2, 0.25) is 10.0 Å². The van der Waals surface area contributed by atoms with Crippen molar-refractivity contribution in [3.05, 3.63) is 24.0 Å². The summed E-state index contributed by atoms with van der Waals surface area (Å²) in [5.41, 5.74) is 2.24. The molecule has 2 aliphatic rings. The van der Waals surface area contributed by atoms with Gasteiger partial charge in [0.1, 0.15) is 0 Å². The minimum Gasteiger partial charge on any atom is -0.491 e. The Morgan fingerprint density at radius 2 is 1.76 bits per heavy atom. The quantitative estimate of drug-likeness (QED) is 0.230. The van der Waals surface area contributed by atoms with E-state index in [1.54, 1.807) is 24.7 Å². The smallest absolute Gasteiger partial charge is 0.266 e. The summed E-state index contributed by atoms with van der Waals surface area (Å²) in [6, 6.07) is 4.77. The van der Waals surface area contributed by atoms with Crippen LogP contribution in [0.5, 0.6) is 5.75 Å². The van der Waals surface area contributed by atoms with Crippen molar-refractivity contribution in [2.75, 3.05) is 71.0 Å². The average molecular weight is 590 g/mol. The van der Waals surface area contributed by atoms with Gasteiger partial charge in [0.25, 0.3) is 5.91 Å². The van der Waals surface area contributed by atoms with Crippen molar-refractivity contribution in [3.8, 4) is 5.75 Å². The predicted molar refractivity (Wildman–Crippen MR) is 144 cm³/mol. The third-order valence-corrected chi connectivity index (χ3v) is 9.53. The molecule has 2 aliphatic heterocycles. The number of benzene rings is 1. The molecule has 0 radical (unpaired) electrons. The maximum Gasteiger partial charge on any atom is 0.266 e. The predicted octanol–water partition coefficient (Wildman–Crippen LogP) is 2.29. The number of ether oxygens (including phenoxy) is 2. The number of sulfonamides is 1. The summed E-state index contributed by atoms with van der Waals surface area (Å²) >= 11 is 0. The second-order valence-corrected chi connectivity index (χ2v) is 11.2. The van der Waals surface area contributed by atoms with E-state index in [1.807, 2.05) is 16.7 Å². The minimum absolute atomic E-state index is 0. The van der Waals surface area contributed by atoms with Crippen LogP contribution in [-0.2, 0) is 19.6 Å². The fourth-order valence-corrected chi connectivity index (χ4v) is 6.74. The van der Waals surface area contributed by atoms with E-state index < -0.39 is 26.5 Å². The molecule has 0 bridgehead atoms. The van der Waals surface area contributed by atoms with Crippen molar-refractivity contribution in [1.29, 1.82) is 0 Å². The fraction of sp³-hybridized carbons (Fsp3) is 0.696. The number of hydrogen-bond donors (Lipinski definition) is 2. The zero-order chi connectivity index (χ0) is 25.5. The Bertz CT molecular complexity index is 959. The summed E-state index contributed by atoms with van der Waals surface area (Å²) in [5, 5.41) is 9.36. The first-order valence-electron chi connectivity index (χ1n) is 12.1. The van der Waals surface area contributed by atoms with Crippen LogP contribution < -0.4 is 15.1 Å². The third kappa shape index (κ3) is 7.59. The SMILES string of the molecule is CCCCOc1ccc(N2CCN(S(=O)(=O)C3(C(=O)NO)CCN(CCOC)CC3)CC2)cc1F.Cl.Cl. The molecule has 2 saturated heterocycles. The molecule has 3 rings (SSSR count). The summed E-state index contributed by atoms with van der Waals surface area (Å²) in [4.78, 5) is 16.6. The number of halogens is 3. The third-order valence-electron chi connectivity index (χ3n) is 6.90. The van der Waals surface area contributed by atoms with Crippen LogP contribution in [0.25, 0.3) is 0 Å². The molecular formula is C23H39Cl2FN4O6S. The number of anilines is 1. The van der Waals surface area contributed by atoms with Crippen LogP contribution in [0.2, 0.25) is 0 Å². The van der Waals surface area contributed by atoms with Crippen LogP contribution in [0.15, 0.2) is 18.2 Å². The van der Waals surface area contributed by atoms with Gasteiger partial charge in [-0.25, -0.2) is 18.3 Å². The van der Waals surface area contributed by atoms with E-state index in [4.69, 9.17) is 9.47 Å². The van der Waals surface area contributed by atoms with Crippen LogP contribution in [0.4, 0.5) is 10.1 Å². The number of methoxy groups -OCH3 is 1. The lowest BCUT2D eigenvalue weighted by molar-refractivity contribution is -0.133. The van der Waals surface area contributed by atoms with Gasteiger partial charge < -0.3 is 19.3 Å². The molecular weight excluding hydrogens is 550 g/mol. The van der Waals surface area contributed by atoms with Gasteiger partial charge >= 0.3 is 0 Å². The number of rotatable bonds is 11. The molecule has 2 N–H and O–H groups in total. The molecule has 0 aromatic heterocycles. The highest BCUT2D eigenvalue weighted by atomic mass is 35.5. The van der Waals surface area contributed by atoms with E-state index >= 15 is 0 Å². The molecule has 2 heterocycles. The van der Waals surface area contributed by atoms with Gasteiger partial charge in [-0.2, -0.15) is 4.31 Å². The van der Waals surface area contributed by atoms with Gasteiger partial charge in [-0.3, -0.25) is 10.0 Å². The van der Waals surface area contributed by atoms with Crippen molar-refractivity contribution in [3.63, 3.8) is 0 Å². The first kappa shape index (κ1) is 33.6. The Labute approximate surface area is 231 Å². The van der Waals surface area contributed by atoms with Crippen LogP contribution in [0, 0.1) is 5.82 Å². The summed E-state index contributed by atoms with van der Waals surface area (Å²) < 4.78 is 52.0. The van der Waals surface area contributed by atoms with Crippen molar-refractivity contribution in [1.82, 2.24) is 14.7 Å². The summed E-state index contributed by atoms with van der Waals surface area (Å²) in [6.07, 6.45) is 1.96. The number of hydroxylamine groups is 1. The zero-order valence-corrected chi connectivity index (χ0v) is 23.8. The maximum atomic E-state index is 14.5. The van der Waals surface area contributed by atoms with E-state index in [-0.39, 0.29) is 56.5 Å². The first-order chi connectivity index (χ1) is 16.8. The Morgan fingerprint density at radius 1 is 1.11 bits per heavy atom. The number of piperazine rings is 1. The topological polar surface area (TPSA) is 112 Å². The molecule has 0 spiro atoms. The number of carbonyl (C=O) groups is 1. The molecule has 0 saturated carbocycles. The standard InChI is InChI=1S/C23H37FN4O6S.2ClH/c1-3-4-16-34-21-6-5-19(18-20(21)24)27-11-13-28(14-12-27)35(31,32)23(22(29)25-30)7-9-26(10-8-23)15-17-33-2;;/h5-6,18,30H,3-4,7-17H2,1-2H3,(H,25,29);2*1H. The Kier molecular flexibility index (Phi) is 13.9. The van der Waals surface area contributed by atoms with E-state index in [2.05, 4.69) is 0 Å². The number of nitrogens with zero attached hydrogens (tertiary/aromatic N) is 3. The molecule has 1 aromatic carbocycles. The van der Waals surface area contributed by atoms with Gasteiger partial charge in [-0.15, -0.1) is 24.8 Å². The van der Waals surface area contributed by atoms with Gasteiger partial charge in [0.05, 0.1) is 13.2 Å². The summed E-state index contributed by atoms with van der Waals surface area (Å²) in [5.74, 6) is -1.14. The lowest BCUT2D eigenvalue weighted by Gasteiger charge is -2.44. The number of piperidine rings is 1. The lowest BCUT2D eigenvalue weighted by Crippen LogP contribution is -2.63. The molecule has 37 heavy (non-hydrogen) atoms.